The molecule has 5 aromatic rings. The lowest BCUT2D eigenvalue weighted by atomic mass is 10.3. The predicted octanol–water partition coefficient (Wildman–Crippen LogP) is 10.5. The monoisotopic (exact) mass is 635 g/mol. The molecule has 0 spiro atoms. The van der Waals surface area contributed by atoms with Crippen LogP contribution >= 0.6 is 34.9 Å². The molecule has 212 valence electrons. The molecule has 5 aromatic carbocycles. The van der Waals surface area contributed by atoms with E-state index >= 15 is 0 Å². The van der Waals surface area contributed by atoms with E-state index in [4.69, 9.17) is 39.0 Å². The molecule has 2 atom stereocenters. The van der Waals surface area contributed by atoms with Crippen molar-refractivity contribution in [3.8, 4) is 28.7 Å². The van der Waals surface area contributed by atoms with Crippen molar-refractivity contribution in [1.82, 2.24) is 9.21 Å². The molecule has 2 unspecified atom stereocenters. The van der Waals surface area contributed by atoms with Gasteiger partial charge in [0, 0.05) is 4.60 Å². The third-order valence-corrected chi connectivity index (χ3v) is 13.4. The molecule has 0 amide bonds. The van der Waals surface area contributed by atoms with Gasteiger partial charge in [-0.3, -0.25) is 0 Å². The summed E-state index contributed by atoms with van der Waals surface area (Å²) in [5.74, 6) is 2.71. The van der Waals surface area contributed by atoms with Crippen LogP contribution in [0.1, 0.15) is 0 Å². The van der Waals surface area contributed by atoms with Gasteiger partial charge in [0.05, 0.1) is 0 Å². The van der Waals surface area contributed by atoms with Gasteiger partial charge in [-0.25, -0.2) is 0 Å². The highest BCUT2D eigenvalue weighted by molar-refractivity contribution is 7.91. The summed E-state index contributed by atoms with van der Waals surface area (Å²) in [6.07, 6.45) is 0. The minimum absolute atomic E-state index is 0.523. The molecule has 1 heterocycles. The lowest BCUT2D eigenvalue weighted by molar-refractivity contribution is 0.0598. The molecule has 0 N–H and O–H groups in total. The van der Waals surface area contributed by atoms with Gasteiger partial charge >= 0.3 is 16.1 Å². The minimum Gasteiger partial charge on any atom is -0.440 e. The molecule has 0 aliphatic carbocycles. The third-order valence-electron chi connectivity index (χ3n) is 5.56. The second-order valence-electron chi connectivity index (χ2n) is 8.60. The molecule has 42 heavy (non-hydrogen) atoms. The van der Waals surface area contributed by atoms with Gasteiger partial charge in [-0.1, -0.05) is 91.0 Å². The van der Waals surface area contributed by atoms with Crippen LogP contribution in [0.2, 0.25) is 0 Å². The Morgan fingerprint density at radius 1 is 0.500 bits per heavy atom. The lowest BCUT2D eigenvalue weighted by Gasteiger charge is -2.43. The first-order chi connectivity index (χ1) is 20.7. The predicted molar refractivity (Wildman–Crippen MR) is 168 cm³/mol. The van der Waals surface area contributed by atoms with Crippen molar-refractivity contribution in [3.63, 3.8) is 0 Å². The maximum Gasteiger partial charge on any atom is 0.445 e. The van der Waals surface area contributed by atoms with Gasteiger partial charge < -0.3 is 23.2 Å². The first-order valence-electron chi connectivity index (χ1n) is 12.9. The van der Waals surface area contributed by atoms with Crippen molar-refractivity contribution in [2.45, 2.75) is 0 Å². The summed E-state index contributed by atoms with van der Waals surface area (Å²) >= 11 is 7.10. The topological polar surface area (TPSA) is 65.0 Å². The van der Waals surface area contributed by atoms with Crippen LogP contribution in [0.4, 0.5) is 0 Å². The largest absolute Gasteiger partial charge is 0.445 e. The standard InChI is InChI=1S/C30H25ClN3O5P3/c31-40-32-42(38-29-22-12-4-13-23-29,39-30-24-14-5-15-25-30)34(36-27-18-8-2-9-19-27)41(37-28-20-10-3-11-21-28)33(40)35-26-16-6-1-7-17-26/h1-25H. The van der Waals surface area contributed by atoms with Crippen LogP contribution < -0.4 is 23.2 Å². The van der Waals surface area contributed by atoms with Gasteiger partial charge in [0.2, 0.25) is 7.58 Å². The summed E-state index contributed by atoms with van der Waals surface area (Å²) in [5, 5.41) is 0. The molecule has 0 saturated carbocycles. The Labute approximate surface area is 251 Å². The molecule has 6 rings (SSSR count). The summed E-state index contributed by atoms with van der Waals surface area (Å²) in [6.45, 7) is 0. The molecule has 0 saturated heterocycles. The van der Waals surface area contributed by atoms with E-state index in [0.29, 0.717) is 28.7 Å². The first-order valence-corrected chi connectivity index (χ1v) is 17.7. The van der Waals surface area contributed by atoms with Gasteiger partial charge in [0.25, 0.3) is 0 Å². The Bertz CT molecular complexity index is 1570. The fraction of sp³-hybridized carbons (Fsp3) is 0. The highest BCUT2D eigenvalue weighted by Crippen LogP contribution is 2.79. The quantitative estimate of drug-likeness (QED) is 0.141. The van der Waals surface area contributed by atoms with Crippen molar-refractivity contribution >= 4 is 34.9 Å². The van der Waals surface area contributed by atoms with Crippen molar-refractivity contribution in [2.75, 3.05) is 0 Å². The lowest BCUT2D eigenvalue weighted by Crippen LogP contribution is -2.35. The molecule has 0 aromatic heterocycles. The molecule has 1 aliphatic rings. The van der Waals surface area contributed by atoms with Crippen molar-refractivity contribution in [1.29, 1.82) is 0 Å². The van der Waals surface area contributed by atoms with Crippen molar-refractivity contribution < 1.29 is 23.2 Å². The molecule has 0 bridgehead atoms. The summed E-state index contributed by atoms with van der Waals surface area (Å²) < 4.78 is 28.0. The summed E-state index contributed by atoms with van der Waals surface area (Å²) in [6, 6.07) is 46.6. The zero-order valence-electron chi connectivity index (χ0n) is 22.0. The second kappa shape index (κ2) is 13.6. The average Bonchev–Trinajstić information content (AvgIpc) is 3.03. The summed E-state index contributed by atoms with van der Waals surface area (Å²) in [4.78, 5) is 12.9. The van der Waals surface area contributed by atoms with E-state index in [0.717, 1.165) is 0 Å². The van der Waals surface area contributed by atoms with E-state index in [1.54, 1.807) is 0 Å². The number of benzene rings is 5. The Morgan fingerprint density at radius 3 is 1.33 bits per heavy atom. The van der Waals surface area contributed by atoms with Crippen LogP contribution in [0, 0.1) is 0 Å². The highest BCUT2D eigenvalue weighted by atomic mass is 35.7. The number of nitrogens with zero attached hydrogens (tertiary/aromatic N) is 3. The highest BCUT2D eigenvalue weighted by Gasteiger charge is 2.56. The second-order valence-corrected chi connectivity index (χ2v) is 14.8. The van der Waals surface area contributed by atoms with E-state index in [1.807, 2.05) is 152 Å². The van der Waals surface area contributed by atoms with Gasteiger partial charge in [-0.15, -0.1) is 0 Å². The smallest absolute Gasteiger partial charge is 0.440 e. The van der Waals surface area contributed by atoms with Crippen LogP contribution in [-0.4, -0.2) is 9.21 Å². The van der Waals surface area contributed by atoms with E-state index in [2.05, 4.69) is 0 Å². The van der Waals surface area contributed by atoms with E-state index < -0.39 is 23.7 Å². The minimum atomic E-state index is -3.59. The van der Waals surface area contributed by atoms with E-state index in [1.165, 1.54) is 9.21 Å². The first kappa shape index (κ1) is 28.5. The van der Waals surface area contributed by atoms with E-state index in [-0.39, 0.29) is 0 Å². The summed E-state index contributed by atoms with van der Waals surface area (Å²) in [7, 11) is -7.51. The average molecular weight is 636 g/mol. The number of para-hydroxylation sites is 5. The number of hydrogen-bond donors (Lipinski definition) is 0. The number of rotatable bonds is 10. The Hall–Kier alpha value is -3.60. The van der Waals surface area contributed by atoms with Crippen LogP contribution in [0.3, 0.4) is 0 Å². The van der Waals surface area contributed by atoms with Crippen LogP contribution in [0.25, 0.3) is 0 Å². The van der Waals surface area contributed by atoms with Crippen molar-refractivity contribution in [3.05, 3.63) is 152 Å². The van der Waals surface area contributed by atoms with Gasteiger partial charge in [-0.05, 0) is 76.5 Å². The number of hydrogen-bond acceptors (Lipinski definition) is 8. The van der Waals surface area contributed by atoms with Crippen LogP contribution in [0.15, 0.2) is 156 Å². The molecule has 1 aliphatic heterocycles. The Kier molecular flexibility index (Phi) is 9.22. The molecule has 8 nitrogen and oxygen atoms in total. The fourth-order valence-corrected chi connectivity index (χ4v) is 11.9. The zero-order valence-corrected chi connectivity index (χ0v) is 25.5. The Morgan fingerprint density at radius 2 is 0.881 bits per heavy atom. The SMILES string of the molecule is ClP1N=P(Oc2ccccc2)(Oc2ccccc2)N(Oc2ccccc2)P(Oc2ccccc2)N1Oc1ccccc1. The van der Waals surface area contributed by atoms with Crippen LogP contribution in [-0.2, 0) is 0 Å². The van der Waals surface area contributed by atoms with Crippen LogP contribution in [0.5, 0.6) is 28.7 Å². The number of halogens is 1. The fourth-order valence-electron chi connectivity index (χ4n) is 3.70. The molecule has 0 fully saturated rings. The Balaban J connectivity index is 1.53. The molecule has 0 radical (unpaired) electrons. The van der Waals surface area contributed by atoms with Crippen molar-refractivity contribution in [2.24, 2.45) is 4.52 Å². The third kappa shape index (κ3) is 6.88. The van der Waals surface area contributed by atoms with Gasteiger partial charge in [0.15, 0.2) is 0 Å². The summed E-state index contributed by atoms with van der Waals surface area (Å²) in [5.41, 5.74) is 0. The van der Waals surface area contributed by atoms with E-state index in [9.17, 15) is 0 Å². The molecular weight excluding hydrogens is 611 g/mol. The maximum atomic E-state index is 7.10. The maximum absolute atomic E-state index is 7.10. The van der Waals surface area contributed by atoms with Gasteiger partial charge in [-0.2, -0.15) is 4.52 Å². The normalized spacial score (nSPS) is 18.3. The molecular formula is C30H25ClN3O5P3. The zero-order chi connectivity index (χ0) is 28.6. The van der Waals surface area contributed by atoms with Gasteiger partial charge in [0.1, 0.15) is 28.7 Å². The molecule has 12 heteroatoms.